The predicted molar refractivity (Wildman–Crippen MR) is 263 cm³/mol. The number of anilines is 6. The molecule has 0 spiro atoms. The van der Waals surface area contributed by atoms with E-state index in [1.54, 1.807) is 0 Å². The van der Waals surface area contributed by atoms with Crippen LogP contribution in [0.4, 0.5) is 34.1 Å². The summed E-state index contributed by atoms with van der Waals surface area (Å²) in [6.07, 6.45) is 0. The van der Waals surface area contributed by atoms with Gasteiger partial charge in [0.2, 0.25) is 0 Å². The summed E-state index contributed by atoms with van der Waals surface area (Å²) in [6, 6.07) is 53.6. The lowest BCUT2D eigenvalue weighted by molar-refractivity contribution is 0.634. The van der Waals surface area contributed by atoms with Crippen molar-refractivity contribution in [3.8, 4) is 0 Å². The van der Waals surface area contributed by atoms with Crippen LogP contribution in [0.25, 0.3) is 65.4 Å². The summed E-state index contributed by atoms with van der Waals surface area (Å²) < 4.78 is 13.6. The van der Waals surface area contributed by atoms with Gasteiger partial charge in [0.1, 0.15) is 11.2 Å². The zero-order valence-corrected chi connectivity index (χ0v) is 36.6. The Morgan fingerprint density at radius 2 is 0.565 bits per heavy atom. The van der Waals surface area contributed by atoms with Crippen LogP contribution in [0.1, 0.15) is 44.5 Å². The predicted octanol–water partition coefficient (Wildman–Crippen LogP) is 17.2. The highest BCUT2D eigenvalue weighted by atomic mass is 16.4. The van der Waals surface area contributed by atoms with E-state index < -0.39 is 0 Å². The van der Waals surface area contributed by atoms with Crippen molar-refractivity contribution in [2.45, 2.75) is 55.4 Å². The summed E-state index contributed by atoms with van der Waals surface area (Å²) >= 11 is 0. The number of benzene rings is 9. The van der Waals surface area contributed by atoms with Crippen LogP contribution in [-0.4, -0.2) is 0 Å². The number of furan rings is 2. The lowest BCUT2D eigenvalue weighted by Gasteiger charge is -2.27. The molecule has 9 aromatic carbocycles. The zero-order chi connectivity index (χ0) is 42.6. The van der Waals surface area contributed by atoms with Gasteiger partial charge < -0.3 is 18.6 Å². The second-order valence-corrected chi connectivity index (χ2v) is 17.5. The summed E-state index contributed by atoms with van der Waals surface area (Å²) in [5, 5.41) is 8.81. The van der Waals surface area contributed by atoms with Crippen LogP contribution in [0, 0.1) is 55.4 Å². The van der Waals surface area contributed by atoms with Gasteiger partial charge in [-0.1, -0.05) is 36.4 Å². The Balaban J connectivity index is 1.03. The minimum atomic E-state index is 0.775. The van der Waals surface area contributed by atoms with Gasteiger partial charge in [-0.15, -0.1) is 0 Å². The van der Waals surface area contributed by atoms with E-state index in [4.69, 9.17) is 8.83 Å². The monoisotopic (exact) mass is 804 g/mol. The lowest BCUT2D eigenvalue weighted by Crippen LogP contribution is -2.10. The molecule has 0 aliphatic carbocycles. The molecule has 0 unspecified atom stereocenters. The molecule has 0 amide bonds. The van der Waals surface area contributed by atoms with Crippen molar-refractivity contribution < 1.29 is 8.83 Å². The van der Waals surface area contributed by atoms with E-state index in [1.165, 1.54) is 44.5 Å². The molecule has 4 nitrogen and oxygen atoms in total. The average Bonchev–Trinajstić information content (AvgIpc) is 3.81. The minimum Gasteiger partial charge on any atom is -0.452 e. The number of hydrogen-bond acceptors (Lipinski definition) is 4. The highest BCUT2D eigenvalue weighted by Crippen LogP contribution is 2.44. The Morgan fingerprint density at radius 1 is 0.258 bits per heavy atom. The Labute approximate surface area is 362 Å². The molecular formula is C58H48N2O2. The van der Waals surface area contributed by atoms with E-state index >= 15 is 0 Å². The third-order valence-electron chi connectivity index (χ3n) is 13.5. The third kappa shape index (κ3) is 6.12. The van der Waals surface area contributed by atoms with Crippen LogP contribution in [0.5, 0.6) is 0 Å². The molecule has 2 heterocycles. The maximum Gasteiger partial charge on any atom is 0.178 e. The summed E-state index contributed by atoms with van der Waals surface area (Å²) in [5.41, 5.74) is 20.2. The Hall–Kier alpha value is -7.30. The Morgan fingerprint density at radius 3 is 0.887 bits per heavy atom. The molecule has 0 aliphatic rings. The summed E-state index contributed by atoms with van der Waals surface area (Å²) in [5.74, 6) is 0. The third-order valence-corrected chi connectivity index (χ3v) is 13.5. The molecule has 0 aliphatic heterocycles. The number of rotatable bonds is 6. The van der Waals surface area contributed by atoms with Crippen LogP contribution in [-0.2, 0) is 0 Å². The smallest absolute Gasteiger partial charge is 0.178 e. The summed E-state index contributed by atoms with van der Waals surface area (Å²) in [6.45, 7) is 17.4. The SMILES string of the molecule is Cc1ccc(N(c2ccc(C)c(C)c2)c2ccc3cc4c(cc3c2)oc2c4ccc3c4cc5ccc(N(c6ccc(C)c(C)c6)c6ccc(C)c(C)c6)cc5cc4oc32)cc1C. The first-order chi connectivity index (χ1) is 30.0. The minimum absolute atomic E-state index is 0.775. The average molecular weight is 805 g/mol. The molecule has 0 saturated heterocycles. The highest BCUT2D eigenvalue weighted by Gasteiger charge is 2.20. The van der Waals surface area contributed by atoms with Crippen LogP contribution >= 0.6 is 0 Å². The summed E-state index contributed by atoms with van der Waals surface area (Å²) in [7, 11) is 0. The second kappa shape index (κ2) is 14.1. The fraction of sp³-hybridized carbons (Fsp3) is 0.138. The van der Waals surface area contributed by atoms with Gasteiger partial charge in [0, 0.05) is 55.7 Å². The molecule has 11 aromatic rings. The molecule has 0 N–H and O–H groups in total. The number of fused-ring (bicyclic) bond motifs is 9. The first-order valence-electron chi connectivity index (χ1n) is 21.6. The maximum absolute atomic E-state index is 6.80. The molecule has 0 bridgehead atoms. The number of nitrogens with zero attached hydrogens (tertiary/aromatic N) is 2. The molecule has 0 radical (unpaired) electrons. The maximum atomic E-state index is 6.80. The van der Waals surface area contributed by atoms with Gasteiger partial charge in [-0.3, -0.25) is 0 Å². The van der Waals surface area contributed by atoms with Gasteiger partial charge >= 0.3 is 0 Å². The molecular weight excluding hydrogens is 757 g/mol. The largest absolute Gasteiger partial charge is 0.452 e. The van der Waals surface area contributed by atoms with E-state index in [0.29, 0.717) is 0 Å². The molecule has 2 aromatic heterocycles. The van der Waals surface area contributed by atoms with Crippen molar-refractivity contribution in [3.63, 3.8) is 0 Å². The van der Waals surface area contributed by atoms with E-state index in [9.17, 15) is 0 Å². The number of aryl methyl sites for hydroxylation is 8. The highest BCUT2D eigenvalue weighted by molar-refractivity contribution is 6.21. The van der Waals surface area contributed by atoms with Crippen molar-refractivity contribution in [2.24, 2.45) is 0 Å². The van der Waals surface area contributed by atoms with E-state index in [1.807, 2.05) is 0 Å². The van der Waals surface area contributed by atoms with Gasteiger partial charge in [0.15, 0.2) is 11.2 Å². The molecule has 4 heteroatoms. The Kier molecular flexibility index (Phi) is 8.59. The van der Waals surface area contributed by atoms with Gasteiger partial charge in [-0.2, -0.15) is 0 Å². The topological polar surface area (TPSA) is 32.8 Å². The Bertz CT molecular complexity index is 3300. The fourth-order valence-electron chi connectivity index (χ4n) is 9.16. The van der Waals surface area contributed by atoms with Crippen LogP contribution < -0.4 is 9.80 Å². The molecule has 302 valence electrons. The van der Waals surface area contributed by atoms with Crippen molar-refractivity contribution in [1.82, 2.24) is 0 Å². The van der Waals surface area contributed by atoms with Crippen molar-refractivity contribution in [1.29, 1.82) is 0 Å². The zero-order valence-electron chi connectivity index (χ0n) is 36.6. The molecule has 62 heavy (non-hydrogen) atoms. The van der Waals surface area contributed by atoms with Gasteiger partial charge in [0.25, 0.3) is 0 Å². The first kappa shape index (κ1) is 37.7. The van der Waals surface area contributed by atoms with Crippen LogP contribution in [0.15, 0.2) is 154 Å². The molecule has 11 rings (SSSR count). The quantitative estimate of drug-likeness (QED) is 0.168. The summed E-state index contributed by atoms with van der Waals surface area (Å²) in [4.78, 5) is 4.72. The van der Waals surface area contributed by atoms with Crippen LogP contribution in [0.2, 0.25) is 0 Å². The first-order valence-corrected chi connectivity index (χ1v) is 21.6. The van der Waals surface area contributed by atoms with E-state index in [-0.39, 0.29) is 0 Å². The van der Waals surface area contributed by atoms with Crippen molar-refractivity contribution >= 4 is 99.5 Å². The molecule has 0 saturated carbocycles. The lowest BCUT2D eigenvalue weighted by atomic mass is 10.0. The number of hydrogen-bond donors (Lipinski definition) is 0. The molecule has 0 fully saturated rings. The molecule has 0 atom stereocenters. The fourth-order valence-corrected chi connectivity index (χ4v) is 9.16. The van der Waals surface area contributed by atoms with E-state index in [2.05, 4.69) is 211 Å². The normalized spacial score (nSPS) is 11.9. The second-order valence-electron chi connectivity index (χ2n) is 17.5. The van der Waals surface area contributed by atoms with Crippen LogP contribution in [0.3, 0.4) is 0 Å². The van der Waals surface area contributed by atoms with E-state index in [0.717, 1.165) is 99.5 Å². The standard InChI is InChI=1S/C58H48N2O2/c1-33-9-15-45(23-37(33)5)59(46-16-10-34(2)38(6)24-46)49-19-13-41-29-53-51-21-22-52-54-30-42-14-20-50(28-44(42)32-56(54)62-58(52)57(51)61-55(53)31-43(41)27-49)60(47-17-11-35(3)39(7)25-47)48-18-12-36(4)40(8)26-48/h9-32H,1-8H3. The van der Waals surface area contributed by atoms with Crippen molar-refractivity contribution in [3.05, 3.63) is 190 Å². The van der Waals surface area contributed by atoms with Gasteiger partial charge in [0.05, 0.1) is 0 Å². The van der Waals surface area contributed by atoms with Gasteiger partial charge in [-0.25, -0.2) is 0 Å². The van der Waals surface area contributed by atoms with Crippen molar-refractivity contribution in [2.75, 3.05) is 9.80 Å². The van der Waals surface area contributed by atoms with Gasteiger partial charge in [-0.05, 0) is 231 Å².